The van der Waals surface area contributed by atoms with Gasteiger partial charge in [-0.3, -0.25) is 0 Å². The summed E-state index contributed by atoms with van der Waals surface area (Å²) in [6.45, 7) is 5.86. The SMILES string of the molecule is Cc1c(Cl)cccc1C(O)c1cccc(OC(C)C)c1. The van der Waals surface area contributed by atoms with Crippen molar-refractivity contribution in [2.45, 2.75) is 33.0 Å². The van der Waals surface area contributed by atoms with Crippen LogP contribution in [0.25, 0.3) is 0 Å². The second-order valence-corrected chi connectivity index (χ2v) is 5.50. The van der Waals surface area contributed by atoms with Gasteiger partial charge < -0.3 is 9.84 Å². The first-order valence-corrected chi connectivity index (χ1v) is 7.06. The highest BCUT2D eigenvalue weighted by molar-refractivity contribution is 6.31. The second kappa shape index (κ2) is 6.29. The summed E-state index contributed by atoms with van der Waals surface area (Å²) in [4.78, 5) is 0. The normalized spacial score (nSPS) is 12.5. The van der Waals surface area contributed by atoms with E-state index >= 15 is 0 Å². The predicted molar refractivity (Wildman–Crippen MR) is 82.5 cm³/mol. The topological polar surface area (TPSA) is 29.5 Å². The molecule has 0 saturated heterocycles. The Hall–Kier alpha value is -1.51. The van der Waals surface area contributed by atoms with E-state index in [1.54, 1.807) is 0 Å². The molecule has 2 nitrogen and oxygen atoms in total. The lowest BCUT2D eigenvalue weighted by Crippen LogP contribution is -2.07. The Morgan fingerprint density at radius 1 is 1.10 bits per heavy atom. The van der Waals surface area contributed by atoms with Crippen molar-refractivity contribution in [1.82, 2.24) is 0 Å². The molecule has 0 radical (unpaired) electrons. The average molecular weight is 291 g/mol. The fraction of sp³-hybridized carbons (Fsp3) is 0.294. The van der Waals surface area contributed by atoms with E-state index in [2.05, 4.69) is 0 Å². The van der Waals surface area contributed by atoms with Crippen molar-refractivity contribution in [1.29, 1.82) is 0 Å². The standard InChI is InChI=1S/C17H19ClO2/c1-11(2)20-14-7-4-6-13(10-14)17(19)15-8-5-9-16(18)12(15)3/h4-11,17,19H,1-3H3. The first-order chi connectivity index (χ1) is 9.49. The van der Waals surface area contributed by atoms with Crippen molar-refractivity contribution < 1.29 is 9.84 Å². The molecule has 2 rings (SSSR count). The van der Waals surface area contributed by atoms with Crippen molar-refractivity contribution in [3.05, 3.63) is 64.2 Å². The fourth-order valence-electron chi connectivity index (χ4n) is 2.13. The van der Waals surface area contributed by atoms with Gasteiger partial charge in [0, 0.05) is 5.02 Å². The van der Waals surface area contributed by atoms with Crippen molar-refractivity contribution in [2.24, 2.45) is 0 Å². The minimum absolute atomic E-state index is 0.107. The van der Waals surface area contributed by atoms with E-state index in [9.17, 15) is 5.11 Å². The van der Waals surface area contributed by atoms with Crippen LogP contribution in [0.2, 0.25) is 5.02 Å². The van der Waals surface area contributed by atoms with Crippen LogP contribution in [0.3, 0.4) is 0 Å². The summed E-state index contributed by atoms with van der Waals surface area (Å²) in [6.07, 6.45) is -0.597. The van der Waals surface area contributed by atoms with Crippen LogP contribution in [0.15, 0.2) is 42.5 Å². The number of benzene rings is 2. The van der Waals surface area contributed by atoms with Gasteiger partial charge in [-0.25, -0.2) is 0 Å². The number of aliphatic hydroxyl groups is 1. The van der Waals surface area contributed by atoms with Gasteiger partial charge in [0.05, 0.1) is 6.10 Å². The number of hydrogen-bond donors (Lipinski definition) is 1. The first-order valence-electron chi connectivity index (χ1n) is 6.68. The van der Waals surface area contributed by atoms with Crippen LogP contribution >= 0.6 is 11.6 Å². The summed E-state index contributed by atoms with van der Waals surface area (Å²) in [5, 5.41) is 11.2. The van der Waals surface area contributed by atoms with E-state index in [1.165, 1.54) is 0 Å². The largest absolute Gasteiger partial charge is 0.491 e. The first kappa shape index (κ1) is 14.9. The number of hydrogen-bond acceptors (Lipinski definition) is 2. The van der Waals surface area contributed by atoms with E-state index in [0.29, 0.717) is 5.02 Å². The molecule has 1 atom stereocenters. The van der Waals surface area contributed by atoms with E-state index in [-0.39, 0.29) is 6.10 Å². The molecule has 2 aromatic carbocycles. The van der Waals surface area contributed by atoms with Crippen molar-refractivity contribution in [3.63, 3.8) is 0 Å². The quantitative estimate of drug-likeness (QED) is 0.897. The lowest BCUT2D eigenvalue weighted by atomic mass is 9.97. The van der Waals surface area contributed by atoms with Gasteiger partial charge in [-0.05, 0) is 55.7 Å². The van der Waals surface area contributed by atoms with E-state index in [0.717, 1.165) is 22.4 Å². The molecular formula is C17H19ClO2. The maximum Gasteiger partial charge on any atom is 0.120 e. The molecule has 106 valence electrons. The zero-order valence-corrected chi connectivity index (χ0v) is 12.7. The number of rotatable bonds is 4. The smallest absolute Gasteiger partial charge is 0.120 e. The minimum atomic E-state index is -0.704. The summed E-state index contributed by atoms with van der Waals surface area (Å²) in [7, 11) is 0. The highest BCUT2D eigenvalue weighted by Crippen LogP contribution is 2.30. The Kier molecular flexibility index (Phi) is 4.69. The van der Waals surface area contributed by atoms with Gasteiger partial charge in [0.15, 0.2) is 0 Å². The zero-order valence-electron chi connectivity index (χ0n) is 11.9. The predicted octanol–water partition coefficient (Wildman–Crippen LogP) is 4.52. The van der Waals surface area contributed by atoms with E-state index in [4.69, 9.17) is 16.3 Å². The van der Waals surface area contributed by atoms with E-state index in [1.807, 2.05) is 63.2 Å². The highest BCUT2D eigenvalue weighted by atomic mass is 35.5. The summed E-state index contributed by atoms with van der Waals surface area (Å²) in [6, 6.07) is 13.1. The molecule has 0 heterocycles. The van der Waals surface area contributed by atoms with Crippen LogP contribution in [0.4, 0.5) is 0 Å². The van der Waals surface area contributed by atoms with Crippen molar-refractivity contribution in [3.8, 4) is 5.75 Å². The van der Waals surface area contributed by atoms with Crippen LogP contribution in [-0.4, -0.2) is 11.2 Å². The average Bonchev–Trinajstić information content (AvgIpc) is 2.41. The number of aliphatic hydroxyl groups excluding tert-OH is 1. The fourth-order valence-corrected chi connectivity index (χ4v) is 2.31. The van der Waals surface area contributed by atoms with Crippen molar-refractivity contribution in [2.75, 3.05) is 0 Å². The summed E-state index contributed by atoms with van der Waals surface area (Å²) in [5.74, 6) is 0.760. The molecule has 2 aromatic rings. The molecule has 0 aliphatic rings. The molecule has 0 saturated carbocycles. The molecule has 0 aromatic heterocycles. The van der Waals surface area contributed by atoms with Gasteiger partial charge in [-0.1, -0.05) is 35.9 Å². The molecule has 1 N–H and O–H groups in total. The molecule has 1 unspecified atom stereocenters. The Labute approximate surface area is 125 Å². The van der Waals surface area contributed by atoms with Gasteiger partial charge >= 0.3 is 0 Å². The number of halogens is 1. The van der Waals surface area contributed by atoms with Crippen LogP contribution in [0.1, 0.15) is 36.6 Å². The molecule has 0 aliphatic heterocycles. The summed E-state index contributed by atoms with van der Waals surface area (Å²) < 4.78 is 5.66. The van der Waals surface area contributed by atoms with Crippen molar-refractivity contribution >= 4 is 11.6 Å². The van der Waals surface area contributed by atoms with Gasteiger partial charge in [-0.2, -0.15) is 0 Å². The minimum Gasteiger partial charge on any atom is -0.491 e. The second-order valence-electron chi connectivity index (χ2n) is 5.10. The monoisotopic (exact) mass is 290 g/mol. The molecule has 0 spiro atoms. The molecule has 0 aliphatic carbocycles. The Morgan fingerprint density at radius 3 is 2.50 bits per heavy atom. The van der Waals surface area contributed by atoms with Crippen LogP contribution in [0, 0.1) is 6.92 Å². The van der Waals surface area contributed by atoms with Crippen LogP contribution in [-0.2, 0) is 0 Å². The van der Waals surface area contributed by atoms with Gasteiger partial charge in [0.25, 0.3) is 0 Å². The van der Waals surface area contributed by atoms with Gasteiger partial charge in [0.1, 0.15) is 11.9 Å². The Bertz CT molecular complexity index is 593. The van der Waals surface area contributed by atoms with Gasteiger partial charge in [0.2, 0.25) is 0 Å². The molecule has 20 heavy (non-hydrogen) atoms. The van der Waals surface area contributed by atoms with E-state index < -0.39 is 6.10 Å². The lowest BCUT2D eigenvalue weighted by Gasteiger charge is -2.17. The van der Waals surface area contributed by atoms with Gasteiger partial charge in [-0.15, -0.1) is 0 Å². The summed E-state index contributed by atoms with van der Waals surface area (Å²) in [5.41, 5.74) is 2.52. The van der Waals surface area contributed by atoms with Crippen LogP contribution in [0.5, 0.6) is 5.75 Å². The third-order valence-electron chi connectivity index (χ3n) is 3.15. The zero-order chi connectivity index (χ0) is 14.7. The lowest BCUT2D eigenvalue weighted by molar-refractivity contribution is 0.216. The molecular weight excluding hydrogens is 272 g/mol. The Balaban J connectivity index is 2.33. The Morgan fingerprint density at radius 2 is 1.80 bits per heavy atom. The molecule has 0 amide bonds. The highest BCUT2D eigenvalue weighted by Gasteiger charge is 2.15. The third kappa shape index (κ3) is 3.33. The third-order valence-corrected chi connectivity index (χ3v) is 3.56. The maximum absolute atomic E-state index is 10.5. The number of ether oxygens (including phenoxy) is 1. The molecule has 0 bridgehead atoms. The summed E-state index contributed by atoms with van der Waals surface area (Å²) >= 11 is 6.11. The maximum atomic E-state index is 10.5. The molecule has 0 fully saturated rings. The van der Waals surface area contributed by atoms with Crippen LogP contribution < -0.4 is 4.74 Å². The molecule has 3 heteroatoms.